The van der Waals surface area contributed by atoms with E-state index in [9.17, 15) is 0 Å². The molecule has 0 spiro atoms. The molecule has 0 atom stereocenters. The van der Waals surface area contributed by atoms with Crippen LogP contribution in [-0.2, 0) is 4.79 Å². The van der Waals surface area contributed by atoms with Gasteiger partial charge in [-0.3, -0.25) is 4.79 Å². The average molecular weight is 445 g/mol. The number of fused-ring (bicyclic) bond motifs is 1. The van der Waals surface area contributed by atoms with Crippen LogP contribution < -0.4 is 16.0 Å². The molecule has 1 fully saturated rings. The third-order valence-corrected chi connectivity index (χ3v) is 5.37. The van der Waals surface area contributed by atoms with Gasteiger partial charge in [0.1, 0.15) is 0 Å². The molecule has 0 aliphatic carbocycles. The zero-order valence-corrected chi connectivity index (χ0v) is 19.5. The Kier molecular flexibility index (Phi) is 8.55. The number of carbonyl (C=O) groups excluding carboxylic acids is 1. The summed E-state index contributed by atoms with van der Waals surface area (Å²) in [7, 11) is 0. The van der Waals surface area contributed by atoms with Crippen LogP contribution in [0.25, 0.3) is 27.9 Å². The lowest BCUT2D eigenvalue weighted by molar-refractivity contribution is -0.106. The molecule has 4 aromatic rings. The zero-order chi connectivity index (χ0) is 23.6. The van der Waals surface area contributed by atoms with Gasteiger partial charge >= 0.3 is 0 Å². The lowest BCUT2D eigenvalue weighted by atomic mass is 10.1. The van der Waals surface area contributed by atoms with Crippen LogP contribution in [0.4, 0.5) is 5.69 Å². The number of amides is 1. The maximum Gasteiger partial charge on any atom is 0.204 e. The van der Waals surface area contributed by atoms with E-state index in [4.69, 9.17) is 9.78 Å². The lowest BCUT2D eigenvalue weighted by Gasteiger charge is -2.29. The Hall–Kier alpha value is -3.71. The van der Waals surface area contributed by atoms with Gasteiger partial charge in [-0.25, -0.2) is 9.50 Å². The highest BCUT2D eigenvalue weighted by Crippen LogP contribution is 2.27. The second-order valence-corrected chi connectivity index (χ2v) is 7.46. The first kappa shape index (κ1) is 23.9. The molecule has 0 saturated carbocycles. The van der Waals surface area contributed by atoms with Crippen molar-refractivity contribution in [2.45, 2.75) is 20.8 Å². The normalized spacial score (nSPS) is 12.9. The SMILES string of the molecule is CC.Cc1cccc(-c2cnn3cc(-c4ccc(N5CCNCC5)cc4)cnc23)c1.NC=O. The molecule has 2 aromatic carbocycles. The highest BCUT2D eigenvalue weighted by molar-refractivity contribution is 5.78. The molecule has 172 valence electrons. The molecule has 0 radical (unpaired) electrons. The smallest absolute Gasteiger partial charge is 0.204 e. The first-order valence-electron chi connectivity index (χ1n) is 11.3. The van der Waals surface area contributed by atoms with Crippen LogP contribution in [0, 0.1) is 6.92 Å². The Bertz CT molecular complexity index is 1160. The van der Waals surface area contributed by atoms with Gasteiger partial charge in [0.2, 0.25) is 6.41 Å². The summed E-state index contributed by atoms with van der Waals surface area (Å²) in [6, 6.07) is 17.2. The minimum absolute atomic E-state index is 0.250. The molecule has 0 unspecified atom stereocenters. The number of hydrogen-bond acceptors (Lipinski definition) is 5. The molecule has 1 saturated heterocycles. The van der Waals surface area contributed by atoms with E-state index in [1.54, 1.807) is 0 Å². The van der Waals surface area contributed by atoms with E-state index >= 15 is 0 Å². The molecule has 3 heterocycles. The second kappa shape index (κ2) is 11.8. The van der Waals surface area contributed by atoms with Crippen molar-refractivity contribution in [3.05, 3.63) is 72.7 Å². The van der Waals surface area contributed by atoms with Crippen molar-refractivity contribution in [1.29, 1.82) is 0 Å². The van der Waals surface area contributed by atoms with E-state index in [1.807, 2.05) is 30.8 Å². The Morgan fingerprint density at radius 1 is 0.970 bits per heavy atom. The number of carbonyl (C=O) groups is 1. The number of aromatic nitrogens is 3. The van der Waals surface area contributed by atoms with Gasteiger partial charge in [0, 0.05) is 55.4 Å². The lowest BCUT2D eigenvalue weighted by Crippen LogP contribution is -2.43. The van der Waals surface area contributed by atoms with Crippen molar-refractivity contribution in [2.24, 2.45) is 5.73 Å². The van der Waals surface area contributed by atoms with Gasteiger partial charge in [0.05, 0.1) is 6.20 Å². The van der Waals surface area contributed by atoms with Gasteiger partial charge in [0.25, 0.3) is 0 Å². The number of nitrogens with zero attached hydrogens (tertiary/aromatic N) is 4. The highest BCUT2D eigenvalue weighted by Gasteiger charge is 2.12. The molecular formula is C26H32N6O. The van der Waals surface area contributed by atoms with Gasteiger partial charge in [-0.1, -0.05) is 55.8 Å². The first-order chi connectivity index (χ1) is 16.2. The molecule has 7 nitrogen and oxygen atoms in total. The summed E-state index contributed by atoms with van der Waals surface area (Å²) >= 11 is 0. The van der Waals surface area contributed by atoms with Gasteiger partial charge in [0.15, 0.2) is 5.65 Å². The summed E-state index contributed by atoms with van der Waals surface area (Å²) in [5.74, 6) is 0. The highest BCUT2D eigenvalue weighted by atomic mass is 16.1. The Morgan fingerprint density at radius 3 is 2.33 bits per heavy atom. The summed E-state index contributed by atoms with van der Waals surface area (Å²) in [5, 5.41) is 7.94. The molecule has 1 aliphatic rings. The summed E-state index contributed by atoms with van der Waals surface area (Å²) in [5.41, 5.74) is 12.0. The van der Waals surface area contributed by atoms with Crippen LogP contribution in [-0.4, -0.2) is 47.2 Å². The average Bonchev–Trinajstić information content (AvgIpc) is 3.30. The molecule has 0 bridgehead atoms. The van der Waals surface area contributed by atoms with Crippen molar-refractivity contribution in [3.63, 3.8) is 0 Å². The van der Waals surface area contributed by atoms with Gasteiger partial charge < -0.3 is 16.0 Å². The van der Waals surface area contributed by atoms with Gasteiger partial charge in [-0.2, -0.15) is 5.10 Å². The fourth-order valence-electron chi connectivity index (χ4n) is 3.83. The molecule has 7 heteroatoms. The van der Waals surface area contributed by atoms with Crippen molar-refractivity contribution >= 4 is 17.7 Å². The number of piperazine rings is 1. The second-order valence-electron chi connectivity index (χ2n) is 7.46. The molecule has 33 heavy (non-hydrogen) atoms. The van der Waals surface area contributed by atoms with Crippen LogP contribution in [0.5, 0.6) is 0 Å². The minimum atomic E-state index is 0.250. The van der Waals surface area contributed by atoms with Crippen molar-refractivity contribution in [2.75, 3.05) is 31.1 Å². The van der Waals surface area contributed by atoms with E-state index in [2.05, 4.69) is 82.7 Å². The van der Waals surface area contributed by atoms with Gasteiger partial charge in [-0.15, -0.1) is 0 Å². The van der Waals surface area contributed by atoms with E-state index in [1.165, 1.54) is 11.3 Å². The fraction of sp³-hybridized carbons (Fsp3) is 0.269. The largest absolute Gasteiger partial charge is 0.372 e. The molecule has 3 N–H and O–H groups in total. The van der Waals surface area contributed by atoms with E-state index < -0.39 is 0 Å². The number of nitrogens with two attached hydrogens (primary N) is 1. The van der Waals surface area contributed by atoms with Crippen LogP contribution in [0.15, 0.2) is 67.1 Å². The number of benzene rings is 2. The molecular weight excluding hydrogens is 412 g/mol. The molecule has 1 amide bonds. The molecule has 2 aromatic heterocycles. The van der Waals surface area contributed by atoms with Crippen LogP contribution in [0.1, 0.15) is 19.4 Å². The fourth-order valence-corrected chi connectivity index (χ4v) is 3.83. The number of anilines is 1. The number of primary amides is 1. The van der Waals surface area contributed by atoms with Crippen molar-refractivity contribution in [1.82, 2.24) is 19.9 Å². The number of nitrogens with one attached hydrogen (secondary N) is 1. The molecule has 5 rings (SSSR count). The van der Waals surface area contributed by atoms with E-state index in [-0.39, 0.29) is 6.41 Å². The van der Waals surface area contributed by atoms with Crippen LogP contribution >= 0.6 is 0 Å². The predicted octanol–water partition coefficient (Wildman–Crippen LogP) is 3.91. The topological polar surface area (TPSA) is 88.6 Å². The van der Waals surface area contributed by atoms with Gasteiger partial charge in [-0.05, 0) is 30.2 Å². The summed E-state index contributed by atoms with van der Waals surface area (Å²) < 4.78 is 1.87. The maximum atomic E-state index is 8.58. The standard InChI is InChI=1S/C23H23N5.C2H6.CH3NO/c1-17-3-2-4-19(13-17)22-15-26-28-16-20(14-25-23(22)28)18-5-7-21(8-6-18)27-11-9-24-10-12-27;1-2;2-1-3/h2-8,13-16,24H,9-12H2,1H3;1-2H3;1H,(H2,2,3). The summed E-state index contributed by atoms with van der Waals surface area (Å²) in [6.07, 6.45) is 6.14. The van der Waals surface area contributed by atoms with Crippen molar-refractivity contribution < 1.29 is 4.79 Å². The number of rotatable bonds is 3. The zero-order valence-electron chi connectivity index (χ0n) is 19.5. The Labute approximate surface area is 195 Å². The quantitative estimate of drug-likeness (QED) is 0.468. The van der Waals surface area contributed by atoms with E-state index in [0.717, 1.165) is 54.1 Å². The summed E-state index contributed by atoms with van der Waals surface area (Å²) in [4.78, 5) is 15.7. The first-order valence-corrected chi connectivity index (χ1v) is 11.3. The summed E-state index contributed by atoms with van der Waals surface area (Å²) in [6.45, 7) is 10.3. The third kappa shape index (κ3) is 5.75. The Morgan fingerprint density at radius 2 is 1.67 bits per heavy atom. The maximum absolute atomic E-state index is 8.58. The number of hydrogen-bond donors (Lipinski definition) is 2. The van der Waals surface area contributed by atoms with Crippen LogP contribution in [0.3, 0.4) is 0 Å². The predicted molar refractivity (Wildman–Crippen MR) is 135 cm³/mol. The Balaban J connectivity index is 0.000000569. The third-order valence-electron chi connectivity index (χ3n) is 5.37. The van der Waals surface area contributed by atoms with Crippen LogP contribution in [0.2, 0.25) is 0 Å². The van der Waals surface area contributed by atoms with E-state index in [0.29, 0.717) is 0 Å². The monoisotopic (exact) mass is 444 g/mol. The van der Waals surface area contributed by atoms with Crippen molar-refractivity contribution in [3.8, 4) is 22.3 Å². The molecule has 1 aliphatic heterocycles. The minimum Gasteiger partial charge on any atom is -0.372 e. The number of aryl methyl sites for hydroxylation is 1.